The van der Waals surface area contributed by atoms with E-state index in [0.29, 0.717) is 28.9 Å². The van der Waals surface area contributed by atoms with Gasteiger partial charge in [0.1, 0.15) is 23.8 Å². The van der Waals surface area contributed by atoms with E-state index >= 15 is 0 Å². The maximum Gasteiger partial charge on any atom is 0.251 e. The molecule has 1 N–H and O–H groups in total. The molecule has 4 aromatic rings. The van der Waals surface area contributed by atoms with Gasteiger partial charge in [-0.05, 0) is 101 Å². The molecule has 2 amide bonds. The summed E-state index contributed by atoms with van der Waals surface area (Å²) < 4.78 is 11.6. The highest BCUT2D eigenvalue weighted by Gasteiger charge is 2.37. The van der Waals surface area contributed by atoms with E-state index in [1.165, 1.54) is 47.4 Å². The molecule has 0 spiro atoms. The summed E-state index contributed by atoms with van der Waals surface area (Å²) in [7, 11) is 0. The third-order valence-corrected chi connectivity index (χ3v) is 7.24. The van der Waals surface area contributed by atoms with E-state index in [-0.39, 0.29) is 18.3 Å². The van der Waals surface area contributed by atoms with E-state index in [4.69, 9.17) is 8.83 Å². The average Bonchev–Trinajstić information content (AvgIpc) is 3.68. The summed E-state index contributed by atoms with van der Waals surface area (Å²) >= 11 is 0. The SMILES string of the molecule is Cc1ccc(-c2nnn(CC(=O)N(c3ccc(C4CCCCC4)cc3)C(C(=O)NC(C)(C)C)c3ccc(C)o3)n2)o1. The van der Waals surface area contributed by atoms with Crippen LogP contribution < -0.4 is 10.2 Å². The van der Waals surface area contributed by atoms with Crippen molar-refractivity contribution in [3.8, 4) is 11.6 Å². The number of nitrogens with zero attached hydrogens (tertiary/aromatic N) is 5. The summed E-state index contributed by atoms with van der Waals surface area (Å²) in [6.07, 6.45) is 6.07. The first-order chi connectivity index (χ1) is 19.6. The molecule has 1 saturated carbocycles. The summed E-state index contributed by atoms with van der Waals surface area (Å²) in [6.45, 7) is 9.10. The summed E-state index contributed by atoms with van der Waals surface area (Å²) in [5.74, 6) is 2.24. The number of hydrogen-bond donors (Lipinski definition) is 1. The zero-order valence-electron chi connectivity index (χ0n) is 24.4. The molecule has 1 atom stereocenters. The predicted octanol–water partition coefficient (Wildman–Crippen LogP) is 5.88. The normalized spacial score (nSPS) is 15.0. The van der Waals surface area contributed by atoms with E-state index < -0.39 is 17.5 Å². The number of aryl methyl sites for hydroxylation is 2. The third-order valence-electron chi connectivity index (χ3n) is 7.24. The Morgan fingerprint density at radius 3 is 2.27 bits per heavy atom. The van der Waals surface area contributed by atoms with Gasteiger partial charge < -0.3 is 14.2 Å². The summed E-state index contributed by atoms with van der Waals surface area (Å²) in [5.41, 5.74) is 1.31. The fourth-order valence-corrected chi connectivity index (χ4v) is 5.35. The Kier molecular flexibility index (Phi) is 8.10. The first-order valence-electron chi connectivity index (χ1n) is 14.2. The fraction of sp³-hybridized carbons (Fsp3) is 0.452. The number of benzene rings is 1. The zero-order valence-corrected chi connectivity index (χ0v) is 24.4. The van der Waals surface area contributed by atoms with Crippen LogP contribution in [0.1, 0.15) is 87.7 Å². The molecular weight excluding hydrogens is 520 g/mol. The van der Waals surface area contributed by atoms with Gasteiger partial charge in [-0.1, -0.05) is 31.4 Å². The molecule has 5 rings (SSSR count). The van der Waals surface area contributed by atoms with Gasteiger partial charge in [-0.2, -0.15) is 4.80 Å². The molecule has 0 saturated heterocycles. The second-order valence-electron chi connectivity index (χ2n) is 11.8. The topological polar surface area (TPSA) is 119 Å². The van der Waals surface area contributed by atoms with E-state index in [0.717, 1.165) is 5.76 Å². The number of amides is 2. The molecule has 1 aliphatic carbocycles. The van der Waals surface area contributed by atoms with E-state index in [1.54, 1.807) is 18.2 Å². The van der Waals surface area contributed by atoms with Crippen molar-refractivity contribution < 1.29 is 18.4 Å². The number of anilines is 1. The van der Waals surface area contributed by atoms with Crippen LogP contribution in [0, 0.1) is 13.8 Å². The summed E-state index contributed by atoms with van der Waals surface area (Å²) in [4.78, 5) is 30.6. The van der Waals surface area contributed by atoms with Crippen LogP contribution in [0.15, 0.2) is 57.4 Å². The smallest absolute Gasteiger partial charge is 0.251 e. The van der Waals surface area contributed by atoms with Crippen molar-refractivity contribution in [1.82, 2.24) is 25.5 Å². The Labute approximate surface area is 240 Å². The number of aromatic nitrogens is 4. The molecular formula is C31H38N6O4. The monoisotopic (exact) mass is 558 g/mol. The number of hydrogen-bond acceptors (Lipinski definition) is 7. The highest BCUT2D eigenvalue weighted by Crippen LogP contribution is 2.35. The van der Waals surface area contributed by atoms with Crippen LogP contribution in [-0.4, -0.2) is 37.6 Å². The zero-order chi connectivity index (χ0) is 29.1. The minimum Gasteiger partial charge on any atom is -0.464 e. The quantitative estimate of drug-likeness (QED) is 0.287. The van der Waals surface area contributed by atoms with E-state index in [2.05, 4.69) is 32.9 Å². The van der Waals surface area contributed by atoms with Gasteiger partial charge >= 0.3 is 0 Å². The number of nitrogens with one attached hydrogen (secondary N) is 1. The molecule has 3 heterocycles. The number of furan rings is 2. The van der Waals surface area contributed by atoms with Crippen LogP contribution in [0.3, 0.4) is 0 Å². The van der Waals surface area contributed by atoms with E-state index in [1.807, 2.05) is 52.8 Å². The fourth-order valence-electron chi connectivity index (χ4n) is 5.35. The maximum absolute atomic E-state index is 14.1. The van der Waals surface area contributed by atoms with E-state index in [9.17, 15) is 9.59 Å². The lowest BCUT2D eigenvalue weighted by Crippen LogP contribution is -2.50. The number of tetrazole rings is 1. The first kappa shape index (κ1) is 28.3. The van der Waals surface area contributed by atoms with Crippen LogP contribution in [-0.2, 0) is 16.1 Å². The van der Waals surface area contributed by atoms with Gasteiger partial charge in [0.2, 0.25) is 5.82 Å². The molecule has 0 bridgehead atoms. The molecule has 1 aliphatic rings. The second kappa shape index (κ2) is 11.7. The van der Waals surface area contributed by atoms with Crippen molar-refractivity contribution in [2.45, 2.75) is 90.8 Å². The number of carbonyl (C=O) groups is 2. The maximum atomic E-state index is 14.1. The van der Waals surface area contributed by atoms with Crippen LogP contribution in [0.25, 0.3) is 11.6 Å². The average molecular weight is 559 g/mol. The summed E-state index contributed by atoms with van der Waals surface area (Å²) in [6, 6.07) is 14.0. The standard InChI is InChI=1S/C31H38N6O4/c1-20-11-17-25(40-20)28(30(39)32-31(3,4)5)37(24-15-13-23(14-16-24)22-9-7-6-8-10-22)27(38)19-36-34-29(33-35-36)26-18-12-21(2)41-26/h11-18,22,28H,6-10,19H2,1-5H3,(H,32,39). The molecule has 0 aliphatic heterocycles. The molecule has 10 heteroatoms. The van der Waals surface area contributed by atoms with Gasteiger partial charge in [0.05, 0.1) is 0 Å². The van der Waals surface area contributed by atoms with Crippen molar-refractivity contribution in [1.29, 1.82) is 0 Å². The Morgan fingerprint density at radius 1 is 0.976 bits per heavy atom. The first-order valence-corrected chi connectivity index (χ1v) is 14.2. The van der Waals surface area contributed by atoms with Crippen LogP contribution >= 0.6 is 0 Å². The molecule has 1 aromatic carbocycles. The van der Waals surface area contributed by atoms with Crippen LogP contribution in [0.5, 0.6) is 0 Å². The van der Waals surface area contributed by atoms with Gasteiger partial charge in [-0.15, -0.1) is 10.2 Å². The summed E-state index contributed by atoms with van der Waals surface area (Å²) in [5, 5.41) is 15.5. The Morgan fingerprint density at radius 2 is 1.66 bits per heavy atom. The number of rotatable bonds is 8. The second-order valence-corrected chi connectivity index (χ2v) is 11.8. The molecule has 1 unspecified atom stereocenters. The minimum atomic E-state index is -1.05. The molecule has 0 radical (unpaired) electrons. The van der Waals surface area contributed by atoms with Gasteiger partial charge in [0.25, 0.3) is 11.8 Å². The van der Waals surface area contributed by atoms with Crippen molar-refractivity contribution in [3.05, 3.63) is 71.4 Å². The van der Waals surface area contributed by atoms with Crippen molar-refractivity contribution in [3.63, 3.8) is 0 Å². The van der Waals surface area contributed by atoms with Crippen LogP contribution in [0.4, 0.5) is 5.69 Å². The molecule has 1 fully saturated rings. The van der Waals surface area contributed by atoms with Crippen molar-refractivity contribution in [2.24, 2.45) is 0 Å². The highest BCUT2D eigenvalue weighted by molar-refractivity contribution is 6.01. The lowest BCUT2D eigenvalue weighted by molar-refractivity contribution is -0.128. The molecule has 216 valence electrons. The van der Waals surface area contributed by atoms with Crippen molar-refractivity contribution >= 4 is 17.5 Å². The molecule has 3 aromatic heterocycles. The lowest BCUT2D eigenvalue weighted by Gasteiger charge is -2.32. The van der Waals surface area contributed by atoms with Gasteiger partial charge in [-0.25, -0.2) is 0 Å². The highest BCUT2D eigenvalue weighted by atomic mass is 16.3. The largest absolute Gasteiger partial charge is 0.464 e. The Bertz CT molecular complexity index is 1490. The van der Waals surface area contributed by atoms with Gasteiger partial charge in [0.15, 0.2) is 11.8 Å². The molecule has 10 nitrogen and oxygen atoms in total. The van der Waals surface area contributed by atoms with Crippen LogP contribution in [0.2, 0.25) is 0 Å². The Hall–Kier alpha value is -4.21. The van der Waals surface area contributed by atoms with Gasteiger partial charge in [-0.3, -0.25) is 14.5 Å². The van der Waals surface area contributed by atoms with Gasteiger partial charge in [0, 0.05) is 11.2 Å². The minimum absolute atomic E-state index is 0.240. The van der Waals surface area contributed by atoms with Crippen molar-refractivity contribution in [2.75, 3.05) is 4.90 Å². The lowest BCUT2D eigenvalue weighted by atomic mass is 9.84. The molecule has 41 heavy (non-hydrogen) atoms. The third kappa shape index (κ3) is 6.75. The number of carbonyl (C=O) groups excluding carboxylic acids is 2. The predicted molar refractivity (Wildman–Crippen MR) is 154 cm³/mol. The Balaban J connectivity index is 1.51.